The highest BCUT2D eigenvalue weighted by Crippen LogP contribution is 2.25. The van der Waals surface area contributed by atoms with Gasteiger partial charge in [0.25, 0.3) is 0 Å². The molecule has 0 saturated carbocycles. The number of carbonyl (C=O) groups excluding carboxylic acids is 1. The molecule has 0 fully saturated rings. The molecule has 4 heteroatoms. The first kappa shape index (κ1) is 13.5. The number of nitrogens with two attached hydrogens (primary N) is 1. The molecule has 0 aromatic heterocycles. The highest BCUT2D eigenvalue weighted by molar-refractivity contribution is 6.36. The van der Waals surface area contributed by atoms with Crippen molar-refractivity contribution in [2.75, 3.05) is 6.54 Å². The van der Waals surface area contributed by atoms with Crippen LogP contribution in [0.2, 0.25) is 10.0 Å². The van der Waals surface area contributed by atoms with Gasteiger partial charge in [0.15, 0.2) is 0 Å². The van der Waals surface area contributed by atoms with Crippen molar-refractivity contribution in [3.05, 3.63) is 33.8 Å². The fraction of sp³-hybridized carbons (Fsp3) is 0.417. The summed E-state index contributed by atoms with van der Waals surface area (Å²) in [5, 5.41) is 1.08. The molecule has 0 aliphatic rings. The molecule has 0 spiro atoms. The highest BCUT2D eigenvalue weighted by Gasteiger charge is 2.15. The molecule has 0 amide bonds. The predicted octanol–water partition coefficient (Wildman–Crippen LogP) is 3.09. The summed E-state index contributed by atoms with van der Waals surface area (Å²) in [7, 11) is 0. The molecule has 1 unspecified atom stereocenters. The summed E-state index contributed by atoms with van der Waals surface area (Å²) in [6, 6.07) is 5.25. The molecule has 0 aliphatic heterocycles. The van der Waals surface area contributed by atoms with Gasteiger partial charge in [-0.1, -0.05) is 36.2 Å². The minimum atomic E-state index is -0.0441. The van der Waals surface area contributed by atoms with Gasteiger partial charge in [0.1, 0.15) is 5.78 Å². The molecule has 1 rings (SSSR count). The Kier molecular flexibility index (Phi) is 5.26. The number of ketones is 1. The SMILES string of the molecule is CC(CCN)C(=O)Cc1c(Cl)cccc1Cl. The van der Waals surface area contributed by atoms with Crippen molar-refractivity contribution in [3.8, 4) is 0 Å². The minimum absolute atomic E-state index is 0.0441. The van der Waals surface area contributed by atoms with Gasteiger partial charge >= 0.3 is 0 Å². The van der Waals surface area contributed by atoms with Crippen molar-refractivity contribution < 1.29 is 4.79 Å². The average molecular weight is 260 g/mol. The number of hydrogen-bond acceptors (Lipinski definition) is 2. The standard InChI is InChI=1S/C12H15Cl2NO/c1-8(5-6-15)12(16)7-9-10(13)3-2-4-11(9)14/h2-4,8H,5-7,15H2,1H3. The number of rotatable bonds is 5. The van der Waals surface area contributed by atoms with Gasteiger partial charge in [-0.2, -0.15) is 0 Å². The zero-order valence-electron chi connectivity index (χ0n) is 9.17. The van der Waals surface area contributed by atoms with E-state index < -0.39 is 0 Å². The molecule has 0 heterocycles. The van der Waals surface area contributed by atoms with E-state index in [2.05, 4.69) is 0 Å². The molecule has 16 heavy (non-hydrogen) atoms. The lowest BCUT2D eigenvalue weighted by Crippen LogP contribution is -2.17. The van der Waals surface area contributed by atoms with Crippen LogP contribution in [-0.2, 0) is 11.2 Å². The van der Waals surface area contributed by atoms with Crippen LogP contribution >= 0.6 is 23.2 Å². The van der Waals surface area contributed by atoms with Crippen LogP contribution in [-0.4, -0.2) is 12.3 Å². The molecule has 1 aromatic carbocycles. The summed E-state index contributed by atoms with van der Waals surface area (Å²) in [6.45, 7) is 2.39. The molecule has 0 saturated heterocycles. The summed E-state index contributed by atoms with van der Waals surface area (Å²) in [6.07, 6.45) is 0.973. The topological polar surface area (TPSA) is 43.1 Å². The highest BCUT2D eigenvalue weighted by atomic mass is 35.5. The molecular formula is C12H15Cl2NO. The fourth-order valence-electron chi connectivity index (χ4n) is 1.46. The van der Waals surface area contributed by atoms with Gasteiger partial charge in [0.05, 0.1) is 0 Å². The van der Waals surface area contributed by atoms with Gasteiger partial charge in [-0.25, -0.2) is 0 Å². The monoisotopic (exact) mass is 259 g/mol. The van der Waals surface area contributed by atoms with Crippen LogP contribution in [0, 0.1) is 5.92 Å². The van der Waals surface area contributed by atoms with Gasteiger partial charge in [-0.05, 0) is 30.7 Å². The van der Waals surface area contributed by atoms with Gasteiger partial charge in [0.2, 0.25) is 0 Å². The summed E-state index contributed by atoms with van der Waals surface area (Å²) >= 11 is 12.0. The largest absolute Gasteiger partial charge is 0.330 e. The Morgan fingerprint density at radius 2 is 1.94 bits per heavy atom. The third kappa shape index (κ3) is 3.48. The second kappa shape index (κ2) is 6.24. The normalized spacial score (nSPS) is 12.5. The van der Waals surface area contributed by atoms with E-state index in [0.29, 0.717) is 28.6 Å². The first-order chi connectivity index (χ1) is 7.56. The van der Waals surface area contributed by atoms with Crippen molar-refractivity contribution in [1.82, 2.24) is 0 Å². The molecule has 2 nitrogen and oxygen atoms in total. The van der Waals surface area contributed by atoms with Crippen LogP contribution in [0.25, 0.3) is 0 Å². The van der Waals surface area contributed by atoms with Crippen LogP contribution in [0.15, 0.2) is 18.2 Å². The quantitative estimate of drug-likeness (QED) is 0.884. The number of hydrogen-bond donors (Lipinski definition) is 1. The maximum atomic E-state index is 11.8. The van der Waals surface area contributed by atoms with Crippen LogP contribution < -0.4 is 5.73 Å². The van der Waals surface area contributed by atoms with E-state index in [-0.39, 0.29) is 18.1 Å². The van der Waals surface area contributed by atoms with Crippen molar-refractivity contribution in [2.45, 2.75) is 19.8 Å². The third-order valence-corrected chi connectivity index (χ3v) is 3.27. The van der Waals surface area contributed by atoms with E-state index >= 15 is 0 Å². The first-order valence-corrected chi connectivity index (χ1v) is 5.97. The minimum Gasteiger partial charge on any atom is -0.330 e. The lowest BCUT2D eigenvalue weighted by molar-refractivity contribution is -0.121. The number of carbonyl (C=O) groups is 1. The summed E-state index contributed by atoms with van der Waals surface area (Å²) in [5.41, 5.74) is 6.12. The molecule has 0 radical (unpaired) electrons. The van der Waals surface area contributed by atoms with Crippen molar-refractivity contribution >= 4 is 29.0 Å². The van der Waals surface area contributed by atoms with E-state index in [1.807, 2.05) is 6.92 Å². The van der Waals surface area contributed by atoms with Crippen LogP contribution in [0.4, 0.5) is 0 Å². The maximum Gasteiger partial charge on any atom is 0.140 e. The zero-order valence-corrected chi connectivity index (χ0v) is 10.7. The molecule has 88 valence electrons. The maximum absolute atomic E-state index is 11.8. The average Bonchev–Trinajstić information content (AvgIpc) is 2.23. The van der Waals surface area contributed by atoms with Crippen molar-refractivity contribution in [3.63, 3.8) is 0 Å². The van der Waals surface area contributed by atoms with Crippen LogP contribution in [0.5, 0.6) is 0 Å². The van der Waals surface area contributed by atoms with Gasteiger partial charge in [-0.3, -0.25) is 4.79 Å². The second-order valence-corrected chi connectivity index (χ2v) is 4.64. The zero-order chi connectivity index (χ0) is 12.1. The van der Waals surface area contributed by atoms with Crippen LogP contribution in [0.3, 0.4) is 0 Å². The predicted molar refractivity (Wildman–Crippen MR) is 68.0 cm³/mol. The summed E-state index contributed by atoms with van der Waals surface area (Å²) in [5.74, 6) is 0.0813. The lowest BCUT2D eigenvalue weighted by Gasteiger charge is -2.10. The van der Waals surface area contributed by atoms with E-state index in [4.69, 9.17) is 28.9 Å². The van der Waals surface area contributed by atoms with Gasteiger partial charge in [0, 0.05) is 22.4 Å². The Balaban J connectivity index is 2.77. The Morgan fingerprint density at radius 1 is 1.38 bits per heavy atom. The van der Waals surface area contributed by atoms with E-state index in [0.717, 1.165) is 0 Å². The van der Waals surface area contributed by atoms with E-state index in [1.54, 1.807) is 18.2 Å². The van der Waals surface area contributed by atoms with Crippen molar-refractivity contribution in [2.24, 2.45) is 11.7 Å². The number of halogens is 2. The smallest absolute Gasteiger partial charge is 0.140 e. The Bertz CT molecular complexity index is 359. The molecule has 1 aromatic rings. The third-order valence-electron chi connectivity index (χ3n) is 2.56. The molecular weight excluding hydrogens is 245 g/mol. The lowest BCUT2D eigenvalue weighted by atomic mass is 9.97. The molecule has 2 N–H and O–H groups in total. The Labute approximate surface area is 106 Å². The van der Waals surface area contributed by atoms with E-state index in [1.165, 1.54) is 0 Å². The van der Waals surface area contributed by atoms with Crippen LogP contribution in [0.1, 0.15) is 18.9 Å². The fourth-order valence-corrected chi connectivity index (χ4v) is 1.99. The Morgan fingerprint density at radius 3 is 2.44 bits per heavy atom. The number of Topliss-reactive ketones (excluding diaryl/α,β-unsaturated/α-hetero) is 1. The molecule has 1 atom stereocenters. The molecule has 0 aliphatic carbocycles. The number of benzene rings is 1. The first-order valence-electron chi connectivity index (χ1n) is 5.22. The Hall–Kier alpha value is -0.570. The van der Waals surface area contributed by atoms with Crippen molar-refractivity contribution in [1.29, 1.82) is 0 Å². The summed E-state index contributed by atoms with van der Waals surface area (Å²) in [4.78, 5) is 11.8. The van der Waals surface area contributed by atoms with Gasteiger partial charge in [-0.15, -0.1) is 0 Å². The summed E-state index contributed by atoms with van der Waals surface area (Å²) < 4.78 is 0. The van der Waals surface area contributed by atoms with E-state index in [9.17, 15) is 4.79 Å². The molecule has 0 bridgehead atoms. The van der Waals surface area contributed by atoms with Gasteiger partial charge < -0.3 is 5.73 Å². The second-order valence-electron chi connectivity index (χ2n) is 3.82.